The van der Waals surface area contributed by atoms with Gasteiger partial charge in [-0.2, -0.15) is 0 Å². The minimum atomic E-state index is -1.20. The first kappa shape index (κ1) is 21.3. The van der Waals surface area contributed by atoms with Gasteiger partial charge in [0.15, 0.2) is 0 Å². The van der Waals surface area contributed by atoms with E-state index in [0.717, 1.165) is 21.0 Å². The van der Waals surface area contributed by atoms with E-state index in [2.05, 4.69) is 5.32 Å². The first-order valence-electron chi connectivity index (χ1n) is 10.8. The second-order valence-corrected chi connectivity index (χ2v) is 9.34. The standard InChI is InChI=1S/C26H23N3O3S/c1-26(19-12-6-3-7-13-19)24(31)28(25(32)27-26)16-23(30)29-20-14-8-9-15-22(20)33-17-21(29)18-10-4-2-5-11-18/h2-15,21H,16-17H2,1H3,(H,27,32)/t21-,26-/m1/s1. The highest BCUT2D eigenvalue weighted by atomic mass is 32.2. The van der Waals surface area contributed by atoms with Crippen LogP contribution in [0.1, 0.15) is 24.1 Å². The Kier molecular flexibility index (Phi) is 5.42. The Hall–Kier alpha value is -3.58. The Morgan fingerprint density at radius 2 is 1.61 bits per heavy atom. The molecule has 7 heteroatoms. The smallest absolute Gasteiger partial charge is 0.319 e. The summed E-state index contributed by atoms with van der Waals surface area (Å²) in [5.41, 5.74) is 1.29. The molecule has 2 atom stereocenters. The molecule has 1 saturated heterocycles. The van der Waals surface area contributed by atoms with E-state index in [1.165, 1.54) is 0 Å². The Morgan fingerprint density at radius 1 is 0.970 bits per heavy atom. The van der Waals surface area contributed by atoms with Gasteiger partial charge in [0.2, 0.25) is 5.91 Å². The van der Waals surface area contributed by atoms with Gasteiger partial charge in [0.05, 0.1) is 11.7 Å². The summed E-state index contributed by atoms with van der Waals surface area (Å²) in [5.74, 6) is -0.0327. The molecular weight excluding hydrogens is 434 g/mol. The van der Waals surface area contributed by atoms with Crippen LogP contribution in [-0.4, -0.2) is 35.0 Å². The molecule has 0 aliphatic carbocycles. The van der Waals surface area contributed by atoms with Crippen LogP contribution in [-0.2, 0) is 15.1 Å². The maximum Gasteiger partial charge on any atom is 0.325 e. The summed E-state index contributed by atoms with van der Waals surface area (Å²) in [6.07, 6.45) is 0. The topological polar surface area (TPSA) is 69.7 Å². The van der Waals surface area contributed by atoms with E-state index < -0.39 is 17.5 Å². The first-order valence-corrected chi connectivity index (χ1v) is 11.8. The Labute approximate surface area is 196 Å². The van der Waals surface area contributed by atoms with Crippen molar-refractivity contribution >= 4 is 35.3 Å². The van der Waals surface area contributed by atoms with Gasteiger partial charge in [0, 0.05) is 10.6 Å². The molecule has 0 unspecified atom stereocenters. The maximum atomic E-state index is 13.7. The summed E-state index contributed by atoms with van der Waals surface area (Å²) in [7, 11) is 0. The molecule has 2 aliphatic rings. The first-order chi connectivity index (χ1) is 16.0. The van der Waals surface area contributed by atoms with Gasteiger partial charge in [-0.1, -0.05) is 72.8 Å². The summed E-state index contributed by atoms with van der Waals surface area (Å²) in [6, 6.07) is 25.9. The number of nitrogens with one attached hydrogen (secondary N) is 1. The molecule has 1 fully saturated rings. The quantitative estimate of drug-likeness (QED) is 0.592. The predicted molar refractivity (Wildman–Crippen MR) is 128 cm³/mol. The van der Waals surface area contributed by atoms with Crippen LogP contribution in [0.15, 0.2) is 89.8 Å². The number of carbonyl (C=O) groups is 3. The number of benzene rings is 3. The van der Waals surface area contributed by atoms with Crippen molar-refractivity contribution in [1.82, 2.24) is 10.2 Å². The van der Waals surface area contributed by atoms with Crippen LogP contribution in [0.5, 0.6) is 0 Å². The lowest BCUT2D eigenvalue weighted by Gasteiger charge is -2.37. The zero-order valence-electron chi connectivity index (χ0n) is 18.1. The van der Waals surface area contributed by atoms with E-state index in [-0.39, 0.29) is 18.5 Å². The van der Waals surface area contributed by atoms with E-state index in [9.17, 15) is 14.4 Å². The van der Waals surface area contributed by atoms with Gasteiger partial charge in [-0.25, -0.2) is 4.79 Å². The average molecular weight is 458 g/mol. The van der Waals surface area contributed by atoms with Gasteiger partial charge in [-0.3, -0.25) is 14.5 Å². The van der Waals surface area contributed by atoms with E-state index in [1.54, 1.807) is 35.7 Å². The summed E-state index contributed by atoms with van der Waals surface area (Å²) in [4.78, 5) is 43.6. The zero-order valence-corrected chi connectivity index (χ0v) is 18.9. The molecule has 0 radical (unpaired) electrons. The lowest BCUT2D eigenvalue weighted by Crippen LogP contribution is -2.47. The molecule has 0 saturated carbocycles. The number of imide groups is 1. The summed E-state index contributed by atoms with van der Waals surface area (Å²) >= 11 is 1.70. The van der Waals surface area contributed by atoms with E-state index in [0.29, 0.717) is 11.3 Å². The number of hydrogen-bond donors (Lipinski definition) is 1. The van der Waals surface area contributed by atoms with Crippen molar-refractivity contribution in [2.24, 2.45) is 0 Å². The molecule has 5 rings (SSSR count). The number of para-hydroxylation sites is 1. The highest BCUT2D eigenvalue weighted by molar-refractivity contribution is 7.99. The highest BCUT2D eigenvalue weighted by Gasteiger charge is 2.50. The maximum absolute atomic E-state index is 13.7. The van der Waals surface area contributed by atoms with E-state index in [4.69, 9.17) is 0 Å². The van der Waals surface area contributed by atoms with Gasteiger partial charge >= 0.3 is 6.03 Å². The summed E-state index contributed by atoms with van der Waals surface area (Å²) in [5, 5.41) is 2.78. The summed E-state index contributed by atoms with van der Waals surface area (Å²) < 4.78 is 0. The number of thioether (sulfide) groups is 1. The molecule has 4 amide bonds. The number of rotatable bonds is 4. The van der Waals surface area contributed by atoms with Crippen molar-refractivity contribution in [3.63, 3.8) is 0 Å². The fraction of sp³-hybridized carbons (Fsp3) is 0.192. The van der Waals surface area contributed by atoms with Crippen molar-refractivity contribution in [2.45, 2.75) is 23.4 Å². The van der Waals surface area contributed by atoms with Crippen molar-refractivity contribution < 1.29 is 14.4 Å². The Morgan fingerprint density at radius 3 is 2.33 bits per heavy atom. The highest BCUT2D eigenvalue weighted by Crippen LogP contribution is 2.43. The van der Waals surface area contributed by atoms with E-state index >= 15 is 0 Å². The van der Waals surface area contributed by atoms with Gasteiger partial charge in [-0.15, -0.1) is 11.8 Å². The lowest BCUT2D eigenvalue weighted by atomic mass is 9.92. The van der Waals surface area contributed by atoms with Crippen molar-refractivity contribution in [3.8, 4) is 0 Å². The molecule has 2 heterocycles. The normalized spacial score (nSPS) is 22.2. The van der Waals surface area contributed by atoms with Gasteiger partial charge < -0.3 is 10.2 Å². The Balaban J connectivity index is 1.46. The summed E-state index contributed by atoms with van der Waals surface area (Å²) in [6.45, 7) is 1.35. The molecule has 166 valence electrons. The molecule has 6 nitrogen and oxygen atoms in total. The van der Waals surface area contributed by atoms with Crippen LogP contribution in [0.4, 0.5) is 10.5 Å². The van der Waals surface area contributed by atoms with Gasteiger partial charge in [0.1, 0.15) is 12.1 Å². The number of fused-ring (bicyclic) bond motifs is 1. The number of urea groups is 1. The van der Waals surface area contributed by atoms with Crippen LogP contribution in [0.25, 0.3) is 0 Å². The van der Waals surface area contributed by atoms with Crippen LogP contribution in [0, 0.1) is 0 Å². The molecule has 2 aliphatic heterocycles. The number of nitrogens with zero attached hydrogens (tertiary/aromatic N) is 2. The van der Waals surface area contributed by atoms with Crippen LogP contribution < -0.4 is 10.2 Å². The fourth-order valence-electron chi connectivity index (χ4n) is 4.44. The molecular formula is C26H23N3O3S. The molecule has 0 bridgehead atoms. The molecule has 3 aromatic rings. The molecule has 33 heavy (non-hydrogen) atoms. The Bertz CT molecular complexity index is 1220. The van der Waals surface area contributed by atoms with Crippen molar-refractivity contribution in [1.29, 1.82) is 0 Å². The SMILES string of the molecule is C[C@]1(c2ccccc2)NC(=O)N(CC(=O)N2c3ccccc3SC[C@@H]2c2ccccc2)C1=O. The molecule has 0 spiro atoms. The van der Waals surface area contributed by atoms with Crippen LogP contribution in [0.2, 0.25) is 0 Å². The number of hydrogen-bond acceptors (Lipinski definition) is 4. The third-order valence-corrected chi connectivity index (χ3v) is 7.34. The number of anilines is 1. The largest absolute Gasteiger partial charge is 0.325 e. The monoisotopic (exact) mass is 457 g/mol. The van der Waals surface area contributed by atoms with Crippen LogP contribution in [0.3, 0.4) is 0 Å². The van der Waals surface area contributed by atoms with Crippen molar-refractivity contribution in [2.75, 3.05) is 17.2 Å². The number of amides is 4. The zero-order chi connectivity index (χ0) is 23.0. The molecule has 3 aromatic carbocycles. The molecule has 0 aromatic heterocycles. The fourth-order valence-corrected chi connectivity index (χ4v) is 5.61. The van der Waals surface area contributed by atoms with Gasteiger partial charge in [-0.05, 0) is 30.2 Å². The second kappa shape index (κ2) is 8.41. The number of carbonyl (C=O) groups excluding carboxylic acids is 3. The third-order valence-electron chi connectivity index (χ3n) is 6.21. The van der Waals surface area contributed by atoms with E-state index in [1.807, 2.05) is 72.8 Å². The predicted octanol–water partition coefficient (Wildman–Crippen LogP) is 4.33. The van der Waals surface area contributed by atoms with Crippen LogP contribution >= 0.6 is 11.8 Å². The molecule has 1 N–H and O–H groups in total. The second-order valence-electron chi connectivity index (χ2n) is 8.28. The third kappa shape index (κ3) is 3.68. The average Bonchev–Trinajstić information content (AvgIpc) is 3.08. The van der Waals surface area contributed by atoms with Crippen molar-refractivity contribution in [3.05, 3.63) is 96.1 Å². The van der Waals surface area contributed by atoms with Gasteiger partial charge in [0.25, 0.3) is 5.91 Å². The minimum Gasteiger partial charge on any atom is -0.319 e. The lowest BCUT2D eigenvalue weighted by molar-refractivity contribution is -0.134. The minimum absolute atomic E-state index is 0.195.